The van der Waals surface area contributed by atoms with Gasteiger partial charge in [0.15, 0.2) is 11.6 Å². The minimum atomic E-state index is -4.98. The molecule has 1 aromatic rings. The minimum absolute atomic E-state index is 0.157. The first-order valence-corrected chi connectivity index (χ1v) is 4.31. The van der Waals surface area contributed by atoms with Crippen molar-refractivity contribution in [3.05, 3.63) is 35.7 Å². The molecule has 0 aliphatic heterocycles. The number of benzene rings is 1. The highest BCUT2D eigenvalue weighted by Crippen LogP contribution is 2.26. The summed E-state index contributed by atoms with van der Waals surface area (Å²) in [5.41, 5.74) is 4.96. The summed E-state index contributed by atoms with van der Waals surface area (Å²) in [5, 5.41) is 0. The quantitative estimate of drug-likeness (QED) is 0.659. The van der Waals surface area contributed by atoms with Crippen LogP contribution >= 0.6 is 0 Å². The van der Waals surface area contributed by atoms with Gasteiger partial charge in [0.25, 0.3) is 0 Å². The number of alkyl halides is 3. The standard InChI is InChI=1S/C10H7F4NO2/c11-7-3-1-6(2-4-9(15)16)5-8(7)17-10(12,13)14/h1-5H,(H2,15,16)/b4-2-. The normalized spacial score (nSPS) is 11.8. The Hall–Kier alpha value is -2.05. The minimum Gasteiger partial charge on any atom is -0.403 e. The van der Waals surface area contributed by atoms with Gasteiger partial charge < -0.3 is 10.5 Å². The van der Waals surface area contributed by atoms with Crippen LogP contribution in [0.5, 0.6) is 5.75 Å². The van der Waals surface area contributed by atoms with E-state index in [-0.39, 0.29) is 5.56 Å². The molecule has 0 saturated carbocycles. The van der Waals surface area contributed by atoms with Crippen LogP contribution in [0.1, 0.15) is 5.56 Å². The Morgan fingerprint density at radius 2 is 2.00 bits per heavy atom. The van der Waals surface area contributed by atoms with Crippen molar-refractivity contribution in [3.8, 4) is 5.75 Å². The smallest absolute Gasteiger partial charge is 0.403 e. The molecule has 7 heteroatoms. The maximum atomic E-state index is 13.0. The van der Waals surface area contributed by atoms with E-state index in [2.05, 4.69) is 4.74 Å². The number of ether oxygens (including phenoxy) is 1. The maximum absolute atomic E-state index is 13.0. The molecule has 1 amide bonds. The van der Waals surface area contributed by atoms with Crippen LogP contribution in [0.2, 0.25) is 0 Å². The van der Waals surface area contributed by atoms with Crippen molar-refractivity contribution in [2.24, 2.45) is 5.73 Å². The first kappa shape index (κ1) is 13.0. The van der Waals surface area contributed by atoms with Gasteiger partial charge in [-0.2, -0.15) is 0 Å². The molecule has 0 radical (unpaired) electrons. The summed E-state index contributed by atoms with van der Waals surface area (Å²) >= 11 is 0. The van der Waals surface area contributed by atoms with Crippen LogP contribution in [0, 0.1) is 5.82 Å². The molecule has 0 fully saturated rings. The van der Waals surface area contributed by atoms with E-state index in [9.17, 15) is 22.4 Å². The van der Waals surface area contributed by atoms with Crippen molar-refractivity contribution in [1.82, 2.24) is 0 Å². The first-order valence-electron chi connectivity index (χ1n) is 4.31. The molecule has 0 saturated heterocycles. The predicted octanol–water partition coefficient (Wildman–Crippen LogP) is 2.22. The number of carbonyl (C=O) groups excluding carboxylic acids is 1. The molecule has 0 aliphatic carbocycles. The summed E-state index contributed by atoms with van der Waals surface area (Å²) in [5.74, 6) is -2.89. The molecule has 2 N–H and O–H groups in total. The Kier molecular flexibility index (Phi) is 3.72. The van der Waals surface area contributed by atoms with Gasteiger partial charge in [-0.25, -0.2) is 4.39 Å². The summed E-state index contributed by atoms with van der Waals surface area (Å²) in [6.45, 7) is 0. The molecule has 92 valence electrons. The van der Waals surface area contributed by atoms with E-state index in [4.69, 9.17) is 5.73 Å². The van der Waals surface area contributed by atoms with E-state index >= 15 is 0 Å². The number of hydrogen-bond donors (Lipinski definition) is 1. The lowest BCUT2D eigenvalue weighted by Crippen LogP contribution is -2.18. The first-order chi connectivity index (χ1) is 7.78. The van der Waals surface area contributed by atoms with Gasteiger partial charge in [0.05, 0.1) is 0 Å². The lowest BCUT2D eigenvalue weighted by molar-refractivity contribution is -0.275. The second-order valence-corrected chi connectivity index (χ2v) is 2.97. The fourth-order valence-corrected chi connectivity index (χ4v) is 1.00. The highest BCUT2D eigenvalue weighted by Gasteiger charge is 2.32. The Morgan fingerprint density at radius 3 is 2.53 bits per heavy atom. The van der Waals surface area contributed by atoms with Gasteiger partial charge in [0, 0.05) is 6.08 Å². The Labute approximate surface area is 93.5 Å². The van der Waals surface area contributed by atoms with Crippen LogP contribution in [0.15, 0.2) is 24.3 Å². The number of nitrogens with two attached hydrogens (primary N) is 1. The highest BCUT2D eigenvalue weighted by atomic mass is 19.4. The van der Waals surface area contributed by atoms with E-state index < -0.39 is 23.8 Å². The summed E-state index contributed by atoms with van der Waals surface area (Å²) in [6.07, 6.45) is -2.90. The third kappa shape index (κ3) is 4.54. The largest absolute Gasteiger partial charge is 0.573 e. The molecule has 0 aliphatic rings. The monoisotopic (exact) mass is 249 g/mol. The zero-order chi connectivity index (χ0) is 13.1. The molecule has 0 spiro atoms. The van der Waals surface area contributed by atoms with E-state index in [1.54, 1.807) is 0 Å². The molecule has 0 bridgehead atoms. The number of carbonyl (C=O) groups is 1. The molecule has 3 nitrogen and oxygen atoms in total. The third-order valence-corrected chi connectivity index (χ3v) is 1.62. The van der Waals surface area contributed by atoms with Gasteiger partial charge in [-0.05, 0) is 23.8 Å². The SMILES string of the molecule is NC(=O)/C=C\c1ccc(F)c(OC(F)(F)F)c1. The molecule has 17 heavy (non-hydrogen) atoms. The van der Waals surface area contributed by atoms with Crippen molar-refractivity contribution in [3.63, 3.8) is 0 Å². The van der Waals surface area contributed by atoms with E-state index in [0.29, 0.717) is 0 Å². The summed E-state index contributed by atoms with van der Waals surface area (Å²) < 4.78 is 52.1. The van der Waals surface area contributed by atoms with Gasteiger partial charge in [-0.1, -0.05) is 6.07 Å². The average molecular weight is 249 g/mol. The van der Waals surface area contributed by atoms with Crippen LogP contribution in [0.25, 0.3) is 6.08 Å². The van der Waals surface area contributed by atoms with Gasteiger partial charge in [-0.3, -0.25) is 4.79 Å². The molecule has 1 aromatic carbocycles. The third-order valence-electron chi connectivity index (χ3n) is 1.62. The van der Waals surface area contributed by atoms with Crippen molar-refractivity contribution in [2.45, 2.75) is 6.36 Å². The summed E-state index contributed by atoms with van der Waals surface area (Å²) in [7, 11) is 0. The van der Waals surface area contributed by atoms with Crippen molar-refractivity contribution >= 4 is 12.0 Å². The molecule has 0 atom stereocenters. The van der Waals surface area contributed by atoms with E-state index in [0.717, 1.165) is 24.3 Å². The number of amides is 1. The molecular formula is C10H7F4NO2. The van der Waals surface area contributed by atoms with Crippen LogP contribution < -0.4 is 10.5 Å². The van der Waals surface area contributed by atoms with Crippen molar-refractivity contribution in [2.75, 3.05) is 0 Å². The Morgan fingerprint density at radius 1 is 1.35 bits per heavy atom. The highest BCUT2D eigenvalue weighted by molar-refractivity contribution is 5.90. The fraction of sp³-hybridized carbons (Fsp3) is 0.100. The Balaban J connectivity index is 2.98. The lowest BCUT2D eigenvalue weighted by atomic mass is 10.2. The van der Waals surface area contributed by atoms with Crippen molar-refractivity contribution < 1.29 is 27.1 Å². The topological polar surface area (TPSA) is 52.3 Å². The molecule has 1 rings (SSSR count). The summed E-state index contributed by atoms with van der Waals surface area (Å²) in [6, 6.07) is 2.78. The average Bonchev–Trinajstić information content (AvgIpc) is 2.17. The fourth-order valence-electron chi connectivity index (χ4n) is 1.00. The lowest BCUT2D eigenvalue weighted by Gasteiger charge is -2.09. The molecular weight excluding hydrogens is 242 g/mol. The molecule has 0 aromatic heterocycles. The van der Waals surface area contributed by atoms with Crippen LogP contribution in [-0.4, -0.2) is 12.3 Å². The van der Waals surface area contributed by atoms with Gasteiger partial charge in [0.2, 0.25) is 5.91 Å². The molecule has 0 unspecified atom stereocenters. The van der Waals surface area contributed by atoms with E-state index in [1.807, 2.05) is 0 Å². The summed E-state index contributed by atoms with van der Waals surface area (Å²) in [4.78, 5) is 10.4. The van der Waals surface area contributed by atoms with Gasteiger partial charge >= 0.3 is 6.36 Å². The van der Waals surface area contributed by atoms with Crippen LogP contribution in [-0.2, 0) is 4.79 Å². The predicted molar refractivity (Wildman–Crippen MR) is 51.3 cm³/mol. The van der Waals surface area contributed by atoms with Crippen LogP contribution in [0.3, 0.4) is 0 Å². The zero-order valence-electron chi connectivity index (χ0n) is 8.29. The number of halogens is 4. The van der Waals surface area contributed by atoms with Gasteiger partial charge in [0.1, 0.15) is 0 Å². The van der Waals surface area contributed by atoms with Gasteiger partial charge in [-0.15, -0.1) is 13.2 Å². The Bertz CT molecular complexity index is 454. The maximum Gasteiger partial charge on any atom is 0.573 e. The number of rotatable bonds is 3. The molecule has 0 heterocycles. The second kappa shape index (κ2) is 4.86. The van der Waals surface area contributed by atoms with Crippen LogP contribution in [0.4, 0.5) is 17.6 Å². The second-order valence-electron chi connectivity index (χ2n) is 2.97. The zero-order valence-corrected chi connectivity index (χ0v) is 8.29. The van der Waals surface area contributed by atoms with Crippen molar-refractivity contribution in [1.29, 1.82) is 0 Å². The van der Waals surface area contributed by atoms with E-state index in [1.165, 1.54) is 6.07 Å². The number of primary amides is 1. The number of hydrogen-bond acceptors (Lipinski definition) is 2.